The van der Waals surface area contributed by atoms with E-state index in [1.54, 1.807) is 7.11 Å². The third-order valence-electron chi connectivity index (χ3n) is 3.77. The van der Waals surface area contributed by atoms with E-state index in [0.717, 1.165) is 22.3 Å². The van der Waals surface area contributed by atoms with Crippen LogP contribution in [-0.2, 0) is 0 Å². The van der Waals surface area contributed by atoms with Crippen LogP contribution in [0.15, 0.2) is 54.6 Å². The van der Waals surface area contributed by atoms with E-state index in [2.05, 4.69) is 10.3 Å². The van der Waals surface area contributed by atoms with Gasteiger partial charge in [0.15, 0.2) is 5.13 Å². The Labute approximate surface area is 150 Å². The highest BCUT2D eigenvalue weighted by atomic mass is 32.1. The van der Waals surface area contributed by atoms with E-state index in [0.29, 0.717) is 10.6 Å². The fourth-order valence-electron chi connectivity index (χ4n) is 2.36. The van der Waals surface area contributed by atoms with Gasteiger partial charge in [0.05, 0.1) is 12.8 Å². The molecule has 1 amide bonds. The van der Waals surface area contributed by atoms with Crippen LogP contribution in [0.4, 0.5) is 16.5 Å². The summed E-state index contributed by atoms with van der Waals surface area (Å²) in [5, 5.41) is 3.68. The van der Waals surface area contributed by atoms with Crippen LogP contribution in [0.3, 0.4) is 0 Å². The second kappa shape index (κ2) is 7.36. The minimum Gasteiger partial charge on any atom is -0.497 e. The number of anilines is 3. The van der Waals surface area contributed by atoms with Crippen LogP contribution in [0.1, 0.15) is 15.4 Å². The molecular formula is C19H19N3O2S. The first kappa shape index (κ1) is 17.0. The summed E-state index contributed by atoms with van der Waals surface area (Å²) in [7, 11) is 3.55. The maximum Gasteiger partial charge on any atom is 0.267 e. The standard InChI is InChI=1S/C19H19N3O2S/c1-13-17(18(23)21-14-9-11-16(24-3)12-10-14)25-19(20-13)22(2)15-7-5-4-6-8-15/h4-12H,1-3H3,(H,21,23). The number of ether oxygens (including phenoxy) is 1. The Morgan fingerprint density at radius 2 is 1.80 bits per heavy atom. The molecule has 1 aromatic heterocycles. The molecule has 0 fully saturated rings. The van der Waals surface area contributed by atoms with Gasteiger partial charge in [-0.05, 0) is 43.3 Å². The third kappa shape index (κ3) is 3.80. The van der Waals surface area contributed by atoms with Crippen molar-refractivity contribution in [2.45, 2.75) is 6.92 Å². The molecule has 0 atom stereocenters. The first-order valence-electron chi connectivity index (χ1n) is 7.80. The van der Waals surface area contributed by atoms with Crippen LogP contribution in [0.25, 0.3) is 0 Å². The van der Waals surface area contributed by atoms with Crippen LogP contribution in [0.5, 0.6) is 5.75 Å². The van der Waals surface area contributed by atoms with Crippen LogP contribution >= 0.6 is 11.3 Å². The monoisotopic (exact) mass is 353 g/mol. The van der Waals surface area contributed by atoms with Crippen LogP contribution in [0, 0.1) is 6.92 Å². The Morgan fingerprint density at radius 3 is 2.44 bits per heavy atom. The molecule has 0 radical (unpaired) electrons. The van der Waals surface area contributed by atoms with E-state index < -0.39 is 0 Å². The van der Waals surface area contributed by atoms with E-state index in [4.69, 9.17) is 4.74 Å². The quantitative estimate of drug-likeness (QED) is 0.735. The van der Waals surface area contributed by atoms with Crippen molar-refractivity contribution in [2.24, 2.45) is 0 Å². The molecule has 0 aliphatic carbocycles. The lowest BCUT2D eigenvalue weighted by Gasteiger charge is -2.15. The molecule has 1 N–H and O–H groups in total. The van der Waals surface area contributed by atoms with Crippen molar-refractivity contribution < 1.29 is 9.53 Å². The van der Waals surface area contributed by atoms with E-state index in [9.17, 15) is 4.79 Å². The Morgan fingerprint density at radius 1 is 1.12 bits per heavy atom. The highest BCUT2D eigenvalue weighted by Crippen LogP contribution is 2.30. The Kier molecular flexibility index (Phi) is 5.00. The van der Waals surface area contributed by atoms with Crippen molar-refractivity contribution in [1.29, 1.82) is 0 Å². The van der Waals surface area contributed by atoms with Gasteiger partial charge in [-0.15, -0.1) is 0 Å². The molecule has 0 unspecified atom stereocenters. The number of hydrogen-bond donors (Lipinski definition) is 1. The summed E-state index contributed by atoms with van der Waals surface area (Å²) < 4.78 is 5.12. The van der Waals surface area contributed by atoms with Crippen molar-refractivity contribution in [3.8, 4) is 5.75 Å². The molecule has 0 aliphatic heterocycles. The molecule has 3 rings (SSSR count). The number of nitrogens with zero attached hydrogens (tertiary/aromatic N) is 2. The second-order valence-corrected chi connectivity index (χ2v) is 6.47. The predicted molar refractivity (Wildman–Crippen MR) is 102 cm³/mol. The number of amides is 1. The lowest BCUT2D eigenvalue weighted by molar-refractivity contribution is 0.103. The van der Waals surface area contributed by atoms with Gasteiger partial charge in [0.1, 0.15) is 10.6 Å². The fourth-order valence-corrected chi connectivity index (χ4v) is 3.31. The molecule has 2 aromatic carbocycles. The summed E-state index contributed by atoms with van der Waals surface area (Å²) in [5.74, 6) is 0.589. The molecule has 0 aliphatic rings. The third-order valence-corrected chi connectivity index (χ3v) is 5.00. The molecule has 3 aromatic rings. The molecule has 0 bridgehead atoms. The normalized spacial score (nSPS) is 10.4. The molecular weight excluding hydrogens is 334 g/mol. The van der Waals surface area contributed by atoms with Crippen LogP contribution in [-0.4, -0.2) is 25.0 Å². The molecule has 128 valence electrons. The highest BCUT2D eigenvalue weighted by Gasteiger charge is 2.18. The Balaban J connectivity index is 1.78. The Bertz CT molecular complexity index is 860. The molecule has 1 heterocycles. The summed E-state index contributed by atoms with van der Waals surface area (Å²) in [4.78, 5) is 19.7. The lowest BCUT2D eigenvalue weighted by Crippen LogP contribution is -2.11. The number of aryl methyl sites for hydroxylation is 1. The van der Waals surface area contributed by atoms with Gasteiger partial charge < -0.3 is 15.0 Å². The van der Waals surface area contributed by atoms with Gasteiger partial charge >= 0.3 is 0 Å². The number of nitrogens with one attached hydrogen (secondary N) is 1. The molecule has 6 heteroatoms. The zero-order chi connectivity index (χ0) is 17.8. The van der Waals surface area contributed by atoms with Crippen molar-refractivity contribution in [1.82, 2.24) is 4.98 Å². The average molecular weight is 353 g/mol. The van der Waals surface area contributed by atoms with Gasteiger partial charge in [0.25, 0.3) is 5.91 Å². The first-order chi connectivity index (χ1) is 12.1. The zero-order valence-corrected chi connectivity index (χ0v) is 15.1. The number of thiazole rings is 1. The van der Waals surface area contributed by atoms with Gasteiger partial charge in [-0.3, -0.25) is 4.79 Å². The summed E-state index contributed by atoms with van der Waals surface area (Å²) >= 11 is 1.38. The number of carbonyl (C=O) groups excluding carboxylic acids is 1. The molecule has 0 spiro atoms. The maximum absolute atomic E-state index is 12.6. The molecule has 0 saturated carbocycles. The van der Waals surface area contributed by atoms with Crippen molar-refractivity contribution in [3.63, 3.8) is 0 Å². The summed E-state index contributed by atoms with van der Waals surface area (Å²) in [6.07, 6.45) is 0. The van der Waals surface area contributed by atoms with E-state index in [-0.39, 0.29) is 5.91 Å². The lowest BCUT2D eigenvalue weighted by atomic mass is 10.3. The number of para-hydroxylation sites is 1. The van der Waals surface area contributed by atoms with Crippen molar-refractivity contribution >= 4 is 33.8 Å². The number of methoxy groups -OCH3 is 1. The maximum atomic E-state index is 12.6. The van der Waals surface area contributed by atoms with E-state index in [1.165, 1.54) is 11.3 Å². The van der Waals surface area contributed by atoms with Gasteiger partial charge in [0.2, 0.25) is 0 Å². The zero-order valence-electron chi connectivity index (χ0n) is 14.3. The van der Waals surface area contributed by atoms with Crippen LogP contribution in [0.2, 0.25) is 0 Å². The molecule has 5 nitrogen and oxygen atoms in total. The average Bonchev–Trinajstić information content (AvgIpc) is 3.04. The summed E-state index contributed by atoms with van der Waals surface area (Å²) in [6.45, 7) is 1.85. The number of carbonyl (C=O) groups is 1. The Hall–Kier alpha value is -2.86. The predicted octanol–water partition coefficient (Wildman–Crippen LogP) is 4.48. The van der Waals surface area contributed by atoms with Gasteiger partial charge in [-0.25, -0.2) is 4.98 Å². The smallest absolute Gasteiger partial charge is 0.267 e. The minimum atomic E-state index is -0.159. The number of aromatic nitrogens is 1. The van der Waals surface area contributed by atoms with E-state index >= 15 is 0 Å². The number of rotatable bonds is 5. The van der Waals surface area contributed by atoms with Crippen LogP contribution < -0.4 is 15.0 Å². The summed E-state index contributed by atoms with van der Waals surface area (Å²) in [5.41, 5.74) is 2.46. The largest absolute Gasteiger partial charge is 0.497 e. The SMILES string of the molecule is COc1ccc(NC(=O)c2sc(N(C)c3ccccc3)nc2C)cc1. The fraction of sp³-hybridized carbons (Fsp3) is 0.158. The van der Waals surface area contributed by atoms with E-state index in [1.807, 2.05) is 73.5 Å². The topological polar surface area (TPSA) is 54.5 Å². The van der Waals surface area contributed by atoms with Crippen molar-refractivity contribution in [2.75, 3.05) is 24.4 Å². The van der Waals surface area contributed by atoms with Gasteiger partial charge in [-0.1, -0.05) is 29.5 Å². The minimum absolute atomic E-state index is 0.159. The molecule has 0 saturated heterocycles. The van der Waals surface area contributed by atoms with Crippen molar-refractivity contribution in [3.05, 3.63) is 65.2 Å². The summed E-state index contributed by atoms with van der Waals surface area (Å²) in [6, 6.07) is 17.2. The van der Waals surface area contributed by atoms with Gasteiger partial charge in [0, 0.05) is 18.4 Å². The number of benzene rings is 2. The second-order valence-electron chi connectivity index (χ2n) is 5.49. The van der Waals surface area contributed by atoms with Gasteiger partial charge in [-0.2, -0.15) is 0 Å². The number of hydrogen-bond acceptors (Lipinski definition) is 5. The molecule has 25 heavy (non-hydrogen) atoms. The highest BCUT2D eigenvalue weighted by molar-refractivity contribution is 7.17. The first-order valence-corrected chi connectivity index (χ1v) is 8.61.